The van der Waals surface area contributed by atoms with Crippen LogP contribution in [0.15, 0.2) is 4.99 Å². The number of hydrogen-bond donors (Lipinski definition) is 3. The third kappa shape index (κ3) is 5.73. The molecule has 3 N–H and O–H groups in total. The Kier molecular flexibility index (Phi) is 9.70. The fourth-order valence-electron chi connectivity index (χ4n) is 3.52. The Labute approximate surface area is 159 Å². The summed E-state index contributed by atoms with van der Waals surface area (Å²) >= 11 is 0. The maximum absolute atomic E-state index is 9.42. The van der Waals surface area contributed by atoms with E-state index in [0.29, 0.717) is 6.54 Å². The normalized spacial score (nSPS) is 12.5. The quantitative estimate of drug-likeness (QED) is 0.416. The lowest BCUT2D eigenvalue weighted by Crippen LogP contribution is -2.43. The average Bonchev–Trinajstić information content (AvgIpc) is 2.97. The van der Waals surface area contributed by atoms with Gasteiger partial charge in [-0.05, 0) is 44.4 Å². The number of aromatic nitrogens is 2. The van der Waals surface area contributed by atoms with Crippen LogP contribution in [0.3, 0.4) is 0 Å². The number of nitrogens with zero attached hydrogens (tertiary/aromatic N) is 3. The van der Waals surface area contributed by atoms with Gasteiger partial charge in [0.2, 0.25) is 0 Å². The van der Waals surface area contributed by atoms with Crippen LogP contribution >= 0.6 is 0 Å². The van der Waals surface area contributed by atoms with Crippen molar-refractivity contribution in [3.05, 3.63) is 17.0 Å². The molecule has 0 bridgehead atoms. The van der Waals surface area contributed by atoms with E-state index >= 15 is 0 Å². The molecular formula is C20H39N5O. The van der Waals surface area contributed by atoms with E-state index in [1.54, 1.807) is 0 Å². The molecule has 0 aromatic carbocycles. The number of hydrogen-bond acceptors (Lipinski definition) is 3. The fourth-order valence-corrected chi connectivity index (χ4v) is 3.52. The number of guanidine groups is 1. The number of aliphatic imine (C=N–C) groups is 1. The van der Waals surface area contributed by atoms with E-state index in [1.165, 1.54) is 11.3 Å². The summed E-state index contributed by atoms with van der Waals surface area (Å²) in [6.07, 6.45) is 4.78. The predicted molar refractivity (Wildman–Crippen MR) is 110 cm³/mol. The van der Waals surface area contributed by atoms with Gasteiger partial charge in [0, 0.05) is 38.0 Å². The predicted octanol–water partition coefficient (Wildman–Crippen LogP) is 2.79. The molecule has 0 fully saturated rings. The number of aliphatic hydroxyl groups excluding tert-OH is 1. The maximum Gasteiger partial charge on any atom is 0.191 e. The van der Waals surface area contributed by atoms with Gasteiger partial charge in [-0.1, -0.05) is 27.7 Å². The van der Waals surface area contributed by atoms with Crippen LogP contribution in [0.5, 0.6) is 0 Å². The van der Waals surface area contributed by atoms with Crippen molar-refractivity contribution in [1.82, 2.24) is 20.4 Å². The highest BCUT2D eigenvalue weighted by molar-refractivity contribution is 5.79. The van der Waals surface area contributed by atoms with E-state index in [4.69, 9.17) is 4.99 Å². The minimum atomic E-state index is 0.113. The summed E-state index contributed by atoms with van der Waals surface area (Å²) < 4.78 is 1.99. The smallest absolute Gasteiger partial charge is 0.191 e. The van der Waals surface area contributed by atoms with Crippen LogP contribution in [0.1, 0.15) is 70.8 Å². The van der Waals surface area contributed by atoms with E-state index in [-0.39, 0.29) is 12.0 Å². The van der Waals surface area contributed by atoms with Gasteiger partial charge in [0.05, 0.1) is 12.2 Å². The SMILES string of the molecule is CCNC(=NCc1c(CC)nn(C)c1CC)NCC(CC)(CC)CCO. The Balaban J connectivity index is 2.93. The summed E-state index contributed by atoms with van der Waals surface area (Å²) in [6, 6.07) is 0. The summed E-state index contributed by atoms with van der Waals surface area (Å²) in [5.74, 6) is 0.838. The Hall–Kier alpha value is -1.56. The third-order valence-corrected chi connectivity index (χ3v) is 5.54. The second-order valence-electron chi connectivity index (χ2n) is 6.93. The molecule has 6 nitrogen and oxygen atoms in total. The van der Waals surface area contributed by atoms with Crippen LogP contribution in [0.25, 0.3) is 0 Å². The summed E-state index contributed by atoms with van der Waals surface area (Å²) in [5, 5.41) is 20.9. The van der Waals surface area contributed by atoms with Crippen LogP contribution in [0.2, 0.25) is 0 Å². The molecule has 0 atom stereocenters. The van der Waals surface area contributed by atoms with E-state index in [0.717, 1.165) is 56.8 Å². The number of rotatable bonds is 11. The molecule has 1 rings (SSSR count). The van der Waals surface area contributed by atoms with Gasteiger partial charge in [0.1, 0.15) is 0 Å². The van der Waals surface area contributed by atoms with Crippen molar-refractivity contribution < 1.29 is 5.11 Å². The molecule has 1 aromatic heterocycles. The third-order valence-electron chi connectivity index (χ3n) is 5.54. The molecule has 1 heterocycles. The molecule has 0 aliphatic heterocycles. The molecule has 0 saturated carbocycles. The van der Waals surface area contributed by atoms with Crippen molar-refractivity contribution in [1.29, 1.82) is 0 Å². The first-order valence-corrected chi connectivity index (χ1v) is 10.2. The first kappa shape index (κ1) is 22.5. The first-order valence-electron chi connectivity index (χ1n) is 10.2. The van der Waals surface area contributed by atoms with Crippen molar-refractivity contribution in [2.45, 2.75) is 73.3 Å². The summed E-state index contributed by atoms with van der Waals surface area (Å²) in [7, 11) is 2.01. The lowest BCUT2D eigenvalue weighted by atomic mass is 9.79. The zero-order valence-electron chi connectivity index (χ0n) is 17.7. The van der Waals surface area contributed by atoms with Gasteiger partial charge in [0.25, 0.3) is 0 Å². The van der Waals surface area contributed by atoms with Gasteiger partial charge < -0.3 is 15.7 Å². The summed E-state index contributed by atoms with van der Waals surface area (Å²) in [5.41, 5.74) is 3.77. The number of aryl methyl sites for hydroxylation is 2. The Bertz CT molecular complexity index is 561. The second-order valence-corrected chi connectivity index (χ2v) is 6.93. The largest absolute Gasteiger partial charge is 0.396 e. The van der Waals surface area contributed by atoms with Crippen LogP contribution in [0, 0.1) is 5.41 Å². The highest BCUT2D eigenvalue weighted by Gasteiger charge is 2.25. The highest BCUT2D eigenvalue weighted by Crippen LogP contribution is 2.29. The van der Waals surface area contributed by atoms with Crippen LogP contribution < -0.4 is 10.6 Å². The molecular weight excluding hydrogens is 326 g/mol. The zero-order chi connectivity index (χ0) is 19.6. The van der Waals surface area contributed by atoms with Gasteiger partial charge in [0.15, 0.2) is 5.96 Å². The Morgan fingerprint density at radius 3 is 2.31 bits per heavy atom. The second kappa shape index (κ2) is 11.2. The molecule has 0 aliphatic carbocycles. The average molecular weight is 366 g/mol. The van der Waals surface area contributed by atoms with Gasteiger partial charge in [-0.25, -0.2) is 4.99 Å². The van der Waals surface area contributed by atoms with Gasteiger partial charge in [-0.2, -0.15) is 5.10 Å². The van der Waals surface area contributed by atoms with Crippen LogP contribution in [0.4, 0.5) is 0 Å². The van der Waals surface area contributed by atoms with Gasteiger partial charge in [-0.3, -0.25) is 4.68 Å². The molecule has 150 valence electrons. The van der Waals surface area contributed by atoms with Crippen LogP contribution in [-0.4, -0.2) is 40.5 Å². The minimum Gasteiger partial charge on any atom is -0.396 e. The van der Waals surface area contributed by atoms with Crippen molar-refractivity contribution >= 4 is 5.96 Å². The zero-order valence-corrected chi connectivity index (χ0v) is 17.7. The number of nitrogens with one attached hydrogen (secondary N) is 2. The molecule has 1 aromatic rings. The maximum atomic E-state index is 9.42. The molecule has 0 spiro atoms. The van der Waals surface area contributed by atoms with E-state index in [9.17, 15) is 5.11 Å². The fraction of sp³-hybridized carbons (Fsp3) is 0.800. The topological polar surface area (TPSA) is 74.5 Å². The molecule has 0 saturated heterocycles. The first-order chi connectivity index (χ1) is 12.5. The van der Waals surface area contributed by atoms with Crippen molar-refractivity contribution in [2.24, 2.45) is 17.5 Å². The molecule has 26 heavy (non-hydrogen) atoms. The van der Waals surface area contributed by atoms with Gasteiger partial charge >= 0.3 is 0 Å². The summed E-state index contributed by atoms with van der Waals surface area (Å²) in [4.78, 5) is 4.82. The molecule has 0 amide bonds. The lowest BCUT2D eigenvalue weighted by Gasteiger charge is -2.32. The molecule has 0 unspecified atom stereocenters. The minimum absolute atomic E-state index is 0.113. The summed E-state index contributed by atoms with van der Waals surface area (Å²) in [6.45, 7) is 13.3. The monoisotopic (exact) mass is 365 g/mol. The molecule has 6 heteroatoms. The van der Waals surface area contributed by atoms with E-state index in [2.05, 4.69) is 50.4 Å². The highest BCUT2D eigenvalue weighted by atomic mass is 16.3. The molecule has 0 aliphatic rings. The number of aliphatic hydroxyl groups is 1. The van der Waals surface area contributed by atoms with Gasteiger partial charge in [-0.15, -0.1) is 0 Å². The Morgan fingerprint density at radius 2 is 1.81 bits per heavy atom. The van der Waals surface area contributed by atoms with Crippen molar-refractivity contribution in [3.8, 4) is 0 Å². The van der Waals surface area contributed by atoms with Crippen molar-refractivity contribution in [3.63, 3.8) is 0 Å². The lowest BCUT2D eigenvalue weighted by molar-refractivity contribution is 0.169. The van der Waals surface area contributed by atoms with E-state index in [1.807, 2.05) is 11.7 Å². The Morgan fingerprint density at radius 1 is 1.12 bits per heavy atom. The standard InChI is InChI=1S/C20H39N5O/c1-7-17-16(18(8-2)25(6)24-17)14-22-19(21-11-5)23-15-20(9-3,10-4)12-13-26/h26H,7-15H2,1-6H3,(H2,21,22,23). The van der Waals surface area contributed by atoms with Crippen molar-refractivity contribution in [2.75, 3.05) is 19.7 Å². The van der Waals surface area contributed by atoms with Crippen LogP contribution in [-0.2, 0) is 26.4 Å². The van der Waals surface area contributed by atoms with E-state index < -0.39 is 0 Å². The molecule has 0 radical (unpaired) electrons.